The molecule has 178 valence electrons. The number of rotatable bonds is 6. The molecule has 1 aliphatic heterocycles. The molecule has 3 heterocycles. The van der Waals surface area contributed by atoms with Crippen molar-refractivity contribution in [1.29, 1.82) is 0 Å². The molecule has 2 aromatic carbocycles. The van der Waals surface area contributed by atoms with Gasteiger partial charge in [-0.25, -0.2) is 4.98 Å². The average Bonchev–Trinajstić information content (AvgIpc) is 3.57. The second-order valence-corrected chi connectivity index (χ2v) is 10.1. The monoisotopic (exact) mass is 506 g/mol. The molecule has 0 radical (unpaired) electrons. The second kappa shape index (κ2) is 8.83. The van der Waals surface area contributed by atoms with Gasteiger partial charge in [0.2, 0.25) is 5.78 Å². The van der Waals surface area contributed by atoms with Gasteiger partial charge < -0.3 is 14.6 Å². The van der Waals surface area contributed by atoms with E-state index in [4.69, 9.17) is 14.5 Å². The Balaban J connectivity index is 1.75. The fourth-order valence-electron chi connectivity index (χ4n) is 4.46. The van der Waals surface area contributed by atoms with Crippen molar-refractivity contribution in [2.45, 2.75) is 19.9 Å². The van der Waals surface area contributed by atoms with E-state index in [0.29, 0.717) is 27.1 Å². The number of hydrogen-bond acceptors (Lipinski definition) is 8. The molecule has 0 bridgehead atoms. The number of anilines is 1. The number of fused-ring (bicyclic) bond motifs is 1. The van der Waals surface area contributed by atoms with Crippen molar-refractivity contribution in [2.75, 3.05) is 19.1 Å². The smallest absolute Gasteiger partial charge is 0.296 e. The maximum atomic E-state index is 13.6. The molecule has 2 aromatic heterocycles. The highest BCUT2D eigenvalue weighted by Gasteiger charge is 2.47. The van der Waals surface area contributed by atoms with Crippen molar-refractivity contribution in [3.05, 3.63) is 80.7 Å². The molecule has 1 aliphatic rings. The highest BCUT2D eigenvalue weighted by Crippen LogP contribution is 2.48. The molecule has 9 heteroatoms. The number of aliphatic hydroxyl groups is 1. The number of para-hydroxylation sites is 1. The number of thiophene rings is 1. The number of aromatic nitrogens is 1. The van der Waals surface area contributed by atoms with Gasteiger partial charge in [0.15, 0.2) is 22.4 Å². The van der Waals surface area contributed by atoms with Crippen LogP contribution in [-0.2, 0) is 4.79 Å². The first kappa shape index (κ1) is 23.1. The zero-order valence-corrected chi connectivity index (χ0v) is 21.1. The predicted molar refractivity (Wildman–Crippen MR) is 137 cm³/mol. The molecule has 35 heavy (non-hydrogen) atoms. The number of ketones is 1. The molecule has 0 saturated carbocycles. The zero-order chi connectivity index (χ0) is 24.9. The topological polar surface area (TPSA) is 89.0 Å². The van der Waals surface area contributed by atoms with E-state index >= 15 is 0 Å². The molecule has 0 spiro atoms. The molecular weight excluding hydrogens is 484 g/mol. The fourth-order valence-corrected chi connectivity index (χ4v) is 6.30. The summed E-state index contributed by atoms with van der Waals surface area (Å²) < 4.78 is 12.0. The summed E-state index contributed by atoms with van der Waals surface area (Å²) in [7, 11) is 3.01. The number of amides is 1. The molecule has 4 aromatic rings. The van der Waals surface area contributed by atoms with Crippen molar-refractivity contribution >= 4 is 49.7 Å². The third kappa shape index (κ3) is 3.67. The van der Waals surface area contributed by atoms with Crippen LogP contribution in [0.4, 0.5) is 5.13 Å². The summed E-state index contributed by atoms with van der Waals surface area (Å²) in [5.74, 6) is -0.880. The Morgan fingerprint density at radius 1 is 1.11 bits per heavy atom. The molecule has 0 fully saturated rings. The summed E-state index contributed by atoms with van der Waals surface area (Å²) in [5, 5.41) is 13.2. The lowest BCUT2D eigenvalue weighted by Crippen LogP contribution is -2.31. The van der Waals surface area contributed by atoms with Crippen LogP contribution in [0, 0.1) is 13.8 Å². The van der Waals surface area contributed by atoms with Gasteiger partial charge in [0.25, 0.3) is 5.91 Å². The third-order valence-corrected chi connectivity index (χ3v) is 7.82. The van der Waals surface area contributed by atoms with Gasteiger partial charge in [-0.2, -0.15) is 0 Å². The number of aliphatic hydroxyl groups excluding tert-OH is 1. The number of thiazole rings is 1. The maximum Gasteiger partial charge on any atom is 0.296 e. The second-order valence-electron chi connectivity index (χ2n) is 8.15. The van der Waals surface area contributed by atoms with Gasteiger partial charge >= 0.3 is 0 Å². The van der Waals surface area contributed by atoms with Crippen LogP contribution < -0.4 is 14.4 Å². The first-order valence-corrected chi connectivity index (χ1v) is 12.5. The minimum Gasteiger partial charge on any atom is -0.503 e. The van der Waals surface area contributed by atoms with Crippen molar-refractivity contribution < 1.29 is 24.2 Å². The van der Waals surface area contributed by atoms with Crippen molar-refractivity contribution in [2.24, 2.45) is 0 Å². The van der Waals surface area contributed by atoms with E-state index in [1.165, 1.54) is 41.8 Å². The molecule has 7 nitrogen and oxygen atoms in total. The van der Waals surface area contributed by atoms with Crippen LogP contribution in [0.15, 0.2) is 59.2 Å². The molecule has 1 amide bonds. The number of ether oxygens (including phenoxy) is 2. The number of aryl methyl sites for hydroxylation is 2. The fraction of sp³-hybridized carbons (Fsp3) is 0.192. The van der Waals surface area contributed by atoms with Gasteiger partial charge in [0.1, 0.15) is 6.04 Å². The standard InChI is InChI=1S/C26H22N2O5S2/c1-13-11-14(2)20-18(12-13)35-26(27-20)28-21(15-7-5-8-16(32-3)24(15)33-4)19(23(30)25(28)31)22(29)17-9-6-10-34-17/h5-12,21,30H,1-4H3. The van der Waals surface area contributed by atoms with Crippen LogP contribution in [0.2, 0.25) is 0 Å². The van der Waals surface area contributed by atoms with Gasteiger partial charge in [-0.05, 0) is 48.6 Å². The Morgan fingerprint density at radius 3 is 2.60 bits per heavy atom. The lowest BCUT2D eigenvalue weighted by molar-refractivity contribution is -0.117. The summed E-state index contributed by atoms with van der Waals surface area (Å²) >= 11 is 2.58. The van der Waals surface area contributed by atoms with Crippen LogP contribution in [0.3, 0.4) is 0 Å². The lowest BCUT2D eigenvalue weighted by Gasteiger charge is -2.26. The molecule has 0 saturated heterocycles. The van der Waals surface area contributed by atoms with E-state index in [0.717, 1.165) is 21.3 Å². The van der Waals surface area contributed by atoms with E-state index in [9.17, 15) is 14.7 Å². The van der Waals surface area contributed by atoms with Gasteiger partial charge in [-0.1, -0.05) is 35.6 Å². The normalized spacial score (nSPS) is 15.8. The summed E-state index contributed by atoms with van der Waals surface area (Å²) in [6, 6.07) is 11.8. The average molecular weight is 507 g/mol. The van der Waals surface area contributed by atoms with Gasteiger partial charge in [0, 0.05) is 5.56 Å². The Bertz CT molecular complexity index is 1500. The minimum absolute atomic E-state index is 0.0174. The van der Waals surface area contributed by atoms with Crippen LogP contribution in [0.1, 0.15) is 32.4 Å². The van der Waals surface area contributed by atoms with Crippen molar-refractivity contribution in [3.8, 4) is 11.5 Å². The largest absolute Gasteiger partial charge is 0.503 e. The van der Waals surface area contributed by atoms with Crippen LogP contribution in [0.25, 0.3) is 10.2 Å². The Morgan fingerprint density at radius 2 is 1.91 bits per heavy atom. The maximum absolute atomic E-state index is 13.6. The summed E-state index contributed by atoms with van der Waals surface area (Å²) in [5.41, 5.74) is 3.33. The third-order valence-electron chi connectivity index (χ3n) is 5.95. The van der Waals surface area contributed by atoms with Gasteiger partial charge in [-0.15, -0.1) is 11.3 Å². The van der Waals surface area contributed by atoms with E-state index in [-0.39, 0.29) is 5.57 Å². The zero-order valence-electron chi connectivity index (χ0n) is 19.5. The van der Waals surface area contributed by atoms with Crippen molar-refractivity contribution in [3.63, 3.8) is 0 Å². The van der Waals surface area contributed by atoms with E-state index in [2.05, 4.69) is 0 Å². The quantitative estimate of drug-likeness (QED) is 0.334. The molecule has 0 aliphatic carbocycles. The summed E-state index contributed by atoms with van der Waals surface area (Å²) in [6.07, 6.45) is 0. The Labute approximate surface area is 209 Å². The van der Waals surface area contributed by atoms with E-state index in [1.54, 1.807) is 35.7 Å². The first-order valence-electron chi connectivity index (χ1n) is 10.8. The number of carbonyl (C=O) groups is 2. The summed E-state index contributed by atoms with van der Waals surface area (Å²) in [4.78, 5) is 33.7. The highest BCUT2D eigenvalue weighted by molar-refractivity contribution is 7.22. The summed E-state index contributed by atoms with van der Waals surface area (Å²) in [6.45, 7) is 3.97. The van der Waals surface area contributed by atoms with E-state index in [1.807, 2.05) is 26.0 Å². The molecule has 1 unspecified atom stereocenters. The van der Waals surface area contributed by atoms with E-state index < -0.39 is 23.5 Å². The Hall–Kier alpha value is -3.69. The number of Topliss-reactive ketones (excluding diaryl/α,β-unsaturated/α-hetero) is 1. The minimum atomic E-state index is -0.955. The predicted octanol–water partition coefficient (Wildman–Crippen LogP) is 5.77. The highest BCUT2D eigenvalue weighted by atomic mass is 32.1. The molecule has 1 atom stereocenters. The van der Waals surface area contributed by atoms with Crippen LogP contribution in [-0.4, -0.2) is 36.0 Å². The Kier molecular flexibility index (Phi) is 5.82. The van der Waals surface area contributed by atoms with Crippen molar-refractivity contribution in [1.82, 2.24) is 4.98 Å². The van der Waals surface area contributed by atoms with Gasteiger partial charge in [-0.3, -0.25) is 14.5 Å². The van der Waals surface area contributed by atoms with Crippen LogP contribution in [0.5, 0.6) is 11.5 Å². The molecule has 5 rings (SSSR count). The molecular formula is C26H22N2O5S2. The van der Waals surface area contributed by atoms with Gasteiger partial charge in [0.05, 0.1) is 34.9 Å². The first-order chi connectivity index (χ1) is 16.8. The number of benzene rings is 2. The number of hydrogen-bond donors (Lipinski definition) is 1. The number of carbonyl (C=O) groups excluding carboxylic acids is 2. The number of nitrogens with zero attached hydrogens (tertiary/aromatic N) is 2. The lowest BCUT2D eigenvalue weighted by atomic mass is 9.94. The van der Waals surface area contributed by atoms with Crippen LogP contribution >= 0.6 is 22.7 Å². The number of methoxy groups -OCH3 is 2. The SMILES string of the molecule is COc1cccc(C2C(C(=O)c3cccs3)=C(O)C(=O)N2c2nc3c(C)cc(C)cc3s2)c1OC. The molecule has 1 N–H and O–H groups in total.